The lowest BCUT2D eigenvalue weighted by Gasteiger charge is -2.37. The van der Waals surface area contributed by atoms with E-state index in [1.807, 2.05) is 0 Å². The van der Waals surface area contributed by atoms with Gasteiger partial charge < -0.3 is 33.2 Å². The van der Waals surface area contributed by atoms with Gasteiger partial charge in [0.1, 0.15) is 6.61 Å². The van der Waals surface area contributed by atoms with E-state index in [1.165, 1.54) is 0 Å². The van der Waals surface area contributed by atoms with Crippen LogP contribution in [-0.4, -0.2) is 81.4 Å². The summed E-state index contributed by atoms with van der Waals surface area (Å²) >= 11 is 0. The van der Waals surface area contributed by atoms with Crippen molar-refractivity contribution in [3.8, 4) is 0 Å². The number of rotatable bonds is 12. The molecule has 0 aliphatic rings. The van der Waals surface area contributed by atoms with Crippen molar-refractivity contribution < 1.29 is 64.0 Å². The molecule has 0 saturated carbocycles. The van der Waals surface area contributed by atoms with Crippen LogP contribution in [0.5, 0.6) is 0 Å². The highest BCUT2D eigenvalue weighted by molar-refractivity contribution is 5.69. The Balaban J connectivity index is 6.71. The molecule has 0 spiro atoms. The number of ether oxygens (including phenoxy) is 7. The molecule has 30 heavy (non-hydrogen) atoms. The van der Waals surface area contributed by atoms with Gasteiger partial charge in [-0.3, -0.25) is 24.0 Å². The minimum atomic E-state index is -1.95. The van der Waals surface area contributed by atoms with Gasteiger partial charge in [-0.05, 0) is 0 Å². The lowest BCUT2D eigenvalue weighted by atomic mass is 10.0. The maximum Gasteiger partial charge on any atom is 0.303 e. The first-order valence-corrected chi connectivity index (χ1v) is 8.07. The van der Waals surface area contributed by atoms with Crippen molar-refractivity contribution in [2.45, 2.75) is 65.2 Å². The standard InChI is InChI=1S/C18H28O12/c1-9(19)26-8-14(27-10(2)20)15(28-11(3)21)16(29-12(4)22)17(30-13(5)23)18(24-6)25-7/h14-18H,8H2,1-7H3/t14-,15-,16+,17-/m1/s1/i1D,2D,3D,4D,5D. The summed E-state index contributed by atoms with van der Waals surface area (Å²) in [7, 11) is 2.22. The van der Waals surface area contributed by atoms with Crippen LogP contribution in [-0.2, 0) is 57.1 Å². The number of hydrogen-bond acceptors (Lipinski definition) is 12. The smallest absolute Gasteiger partial charge is 0.303 e. The van der Waals surface area contributed by atoms with Gasteiger partial charge in [0.25, 0.3) is 0 Å². The number of hydrogen-bond donors (Lipinski definition) is 0. The molecule has 0 amide bonds. The van der Waals surface area contributed by atoms with Crippen molar-refractivity contribution >= 4 is 29.8 Å². The van der Waals surface area contributed by atoms with Gasteiger partial charge in [-0.25, -0.2) is 0 Å². The normalized spacial score (nSPS) is 16.8. The molecule has 12 nitrogen and oxygen atoms in total. The Hall–Kier alpha value is -2.73. The van der Waals surface area contributed by atoms with E-state index in [0.29, 0.717) is 0 Å². The second-order valence-electron chi connectivity index (χ2n) is 5.41. The van der Waals surface area contributed by atoms with E-state index in [1.54, 1.807) is 0 Å². The number of esters is 5. The zero-order valence-corrected chi connectivity index (χ0v) is 16.5. The Morgan fingerprint density at radius 3 is 1.53 bits per heavy atom. The van der Waals surface area contributed by atoms with Crippen molar-refractivity contribution in [1.82, 2.24) is 0 Å². The predicted octanol–water partition coefficient (Wildman–Crippen LogP) is -0.105. The van der Waals surface area contributed by atoms with Gasteiger partial charge in [-0.1, -0.05) is 0 Å². The van der Waals surface area contributed by atoms with Gasteiger partial charge in [-0.15, -0.1) is 0 Å². The van der Waals surface area contributed by atoms with Crippen LogP contribution in [0.2, 0.25) is 0 Å². The molecule has 0 aliphatic heterocycles. The lowest BCUT2D eigenvalue weighted by Crippen LogP contribution is -2.56. The van der Waals surface area contributed by atoms with Gasteiger partial charge >= 0.3 is 29.8 Å². The first-order valence-electron chi connectivity index (χ1n) is 11.6. The van der Waals surface area contributed by atoms with Crippen LogP contribution in [0.25, 0.3) is 0 Å². The predicted molar refractivity (Wildman–Crippen MR) is 96.7 cm³/mol. The van der Waals surface area contributed by atoms with E-state index in [-0.39, 0.29) is 0 Å². The summed E-state index contributed by atoms with van der Waals surface area (Å²) in [5.41, 5.74) is 0. The molecule has 0 fully saturated rings. The zero-order valence-electron chi connectivity index (χ0n) is 21.5. The molecule has 0 aliphatic carbocycles. The first kappa shape index (κ1) is 19.2. The zero-order chi connectivity index (χ0) is 27.0. The van der Waals surface area contributed by atoms with Gasteiger partial charge in [-0.2, -0.15) is 0 Å². The molecule has 0 aromatic rings. The Morgan fingerprint density at radius 1 is 0.633 bits per heavy atom. The average molecular weight is 441 g/mol. The molecule has 172 valence electrons. The Morgan fingerprint density at radius 2 is 1.07 bits per heavy atom. The number of carbonyl (C=O) groups excluding carboxylic acids is 5. The molecule has 0 N–H and O–H groups in total. The fourth-order valence-corrected chi connectivity index (χ4v) is 2.31. The third-order valence-electron chi connectivity index (χ3n) is 3.24. The van der Waals surface area contributed by atoms with Crippen LogP contribution in [0, 0.1) is 0 Å². The minimum absolute atomic E-state index is 0.827. The number of methoxy groups -OCH3 is 2. The summed E-state index contributed by atoms with van der Waals surface area (Å²) in [6.07, 6.45) is -9.00. The Labute approximate surface area is 181 Å². The molecular formula is C18H28O12. The third-order valence-corrected chi connectivity index (χ3v) is 3.24. The molecule has 0 rings (SSSR count). The summed E-state index contributed by atoms with van der Waals surface area (Å²) < 4.78 is 71.2. The maximum absolute atomic E-state index is 12.1. The summed E-state index contributed by atoms with van der Waals surface area (Å²) in [5, 5.41) is 0. The van der Waals surface area contributed by atoms with E-state index in [4.69, 9.17) is 40.0 Å². The van der Waals surface area contributed by atoms with Crippen LogP contribution >= 0.6 is 0 Å². The number of carbonyl (C=O) groups is 5. The summed E-state index contributed by atoms with van der Waals surface area (Å²) in [6, 6.07) is 0. The molecule has 0 radical (unpaired) electrons. The minimum Gasteiger partial charge on any atom is -0.462 e. The fraction of sp³-hybridized carbons (Fsp3) is 0.722. The first-order chi connectivity index (χ1) is 16.6. The summed E-state index contributed by atoms with van der Waals surface area (Å²) in [6.45, 7) is -5.42. The third kappa shape index (κ3) is 10.2. The van der Waals surface area contributed by atoms with Crippen LogP contribution in [0.1, 0.15) is 41.4 Å². The van der Waals surface area contributed by atoms with Crippen LogP contribution < -0.4 is 0 Å². The largest absolute Gasteiger partial charge is 0.462 e. The Bertz CT molecular complexity index is 705. The highest BCUT2D eigenvalue weighted by atomic mass is 16.7. The van der Waals surface area contributed by atoms with E-state index >= 15 is 0 Å². The molecule has 4 atom stereocenters. The van der Waals surface area contributed by atoms with Gasteiger partial charge in [0.15, 0.2) is 30.7 Å². The molecule has 0 aromatic heterocycles. The maximum atomic E-state index is 12.1. The fourth-order valence-electron chi connectivity index (χ4n) is 2.31. The topological polar surface area (TPSA) is 150 Å². The van der Waals surface area contributed by atoms with Crippen molar-refractivity contribution in [3.05, 3.63) is 0 Å². The lowest BCUT2D eigenvalue weighted by molar-refractivity contribution is -0.239. The van der Waals surface area contributed by atoms with Crippen molar-refractivity contribution in [2.75, 3.05) is 20.8 Å². The highest BCUT2D eigenvalue weighted by Crippen LogP contribution is 2.23. The second kappa shape index (κ2) is 13.5. The molecule has 0 aromatic carbocycles. The van der Waals surface area contributed by atoms with E-state index in [9.17, 15) is 24.0 Å². The molecule has 0 bridgehead atoms. The van der Waals surface area contributed by atoms with Gasteiger partial charge in [0.2, 0.25) is 0 Å². The molecule has 0 heterocycles. The van der Waals surface area contributed by atoms with Crippen molar-refractivity contribution in [1.29, 1.82) is 0 Å². The molecule has 0 saturated heterocycles. The monoisotopic (exact) mass is 441 g/mol. The van der Waals surface area contributed by atoms with E-state index in [0.717, 1.165) is 14.2 Å². The molecule has 0 unspecified atom stereocenters. The van der Waals surface area contributed by atoms with Crippen LogP contribution in [0.4, 0.5) is 0 Å². The Kier molecular flexibility index (Phi) is 8.65. The van der Waals surface area contributed by atoms with Gasteiger partial charge in [0, 0.05) is 55.6 Å². The quantitative estimate of drug-likeness (QED) is 0.226. The highest BCUT2D eigenvalue weighted by Gasteiger charge is 2.47. The SMILES string of the molecule is [2H]CC(=O)OC[C@@H](OC(=O)C[2H])[C@@H](OC(=O)C[2H])[C@H](OC(=O)C[2H])[C@@H](OC(=O)C[2H])C(OC)OC. The van der Waals surface area contributed by atoms with Crippen LogP contribution in [0.15, 0.2) is 0 Å². The molecule has 12 heteroatoms. The molecular weight excluding hydrogens is 408 g/mol. The van der Waals surface area contributed by atoms with Crippen LogP contribution in [0.3, 0.4) is 0 Å². The van der Waals surface area contributed by atoms with Crippen molar-refractivity contribution in [3.63, 3.8) is 0 Å². The van der Waals surface area contributed by atoms with Gasteiger partial charge in [0.05, 0.1) is 0 Å². The summed E-state index contributed by atoms with van der Waals surface area (Å²) in [4.78, 5) is 59.4. The average Bonchev–Trinajstić information content (AvgIpc) is 2.87. The summed E-state index contributed by atoms with van der Waals surface area (Å²) in [5.74, 6) is -5.90. The van der Waals surface area contributed by atoms with E-state index in [2.05, 4.69) is 0 Å². The van der Waals surface area contributed by atoms with Crippen molar-refractivity contribution in [2.24, 2.45) is 0 Å². The van der Waals surface area contributed by atoms with E-state index < -0.39 is 102 Å². The second-order valence-corrected chi connectivity index (χ2v) is 5.41.